The lowest BCUT2D eigenvalue weighted by atomic mass is 9.99. The first-order valence-corrected chi connectivity index (χ1v) is 8.70. The minimum absolute atomic E-state index is 0.216. The number of phenolic OH excluding ortho intramolecular Hbond substituents is 1. The molecule has 4 heteroatoms. The van der Waals surface area contributed by atoms with Crippen molar-refractivity contribution in [2.24, 2.45) is 0 Å². The van der Waals surface area contributed by atoms with E-state index in [1.807, 2.05) is 13.0 Å². The Morgan fingerprint density at radius 2 is 1.43 bits per heavy atom. The smallest absolute Gasteiger partial charge is 0.203 e. The minimum Gasteiger partial charge on any atom is -0.504 e. The van der Waals surface area contributed by atoms with Crippen LogP contribution < -0.4 is 9.47 Å². The largest absolute Gasteiger partial charge is 0.504 e. The molecular weight excluding hydrogens is 292 g/mol. The van der Waals surface area contributed by atoms with Crippen LogP contribution in [0.1, 0.15) is 62.5 Å². The number of ether oxygens (including phenoxy) is 2. The van der Waals surface area contributed by atoms with Crippen LogP contribution in [0.5, 0.6) is 17.2 Å². The Bertz CT molecular complexity index is 457. The molecule has 0 aromatic heterocycles. The van der Waals surface area contributed by atoms with Gasteiger partial charge in [0.15, 0.2) is 11.5 Å². The average Bonchev–Trinajstić information content (AvgIpc) is 2.55. The second-order valence-corrected chi connectivity index (χ2v) is 6.06. The summed E-state index contributed by atoms with van der Waals surface area (Å²) in [6.07, 6.45) is 10.1. The van der Waals surface area contributed by atoms with Gasteiger partial charge in [0, 0.05) is 12.2 Å². The summed E-state index contributed by atoms with van der Waals surface area (Å²) in [5.74, 6) is 1.22. The molecule has 1 rings (SSSR count). The Kier molecular flexibility index (Phi) is 9.53. The van der Waals surface area contributed by atoms with Crippen LogP contribution in [0.3, 0.4) is 0 Å². The molecule has 0 aliphatic rings. The predicted octanol–water partition coefficient (Wildman–Crippen LogP) is 4.37. The first-order valence-electron chi connectivity index (χ1n) is 8.70. The molecule has 0 saturated heterocycles. The molecule has 0 fully saturated rings. The van der Waals surface area contributed by atoms with Crippen molar-refractivity contribution >= 4 is 0 Å². The predicted molar refractivity (Wildman–Crippen MR) is 93.7 cm³/mol. The topological polar surface area (TPSA) is 58.9 Å². The van der Waals surface area contributed by atoms with Crippen molar-refractivity contribution in [3.63, 3.8) is 0 Å². The van der Waals surface area contributed by atoms with Crippen molar-refractivity contribution < 1.29 is 19.7 Å². The number of hydrogen-bond acceptors (Lipinski definition) is 4. The monoisotopic (exact) mass is 324 g/mol. The Morgan fingerprint density at radius 1 is 0.870 bits per heavy atom. The Morgan fingerprint density at radius 3 is 1.96 bits per heavy atom. The van der Waals surface area contributed by atoms with E-state index in [1.165, 1.54) is 32.1 Å². The number of rotatable bonds is 12. The van der Waals surface area contributed by atoms with Gasteiger partial charge in [-0.25, -0.2) is 0 Å². The number of unbranched alkanes of at least 4 members (excludes halogenated alkanes) is 7. The van der Waals surface area contributed by atoms with E-state index in [9.17, 15) is 5.11 Å². The van der Waals surface area contributed by atoms with Crippen molar-refractivity contribution in [3.8, 4) is 17.2 Å². The zero-order valence-electron chi connectivity index (χ0n) is 14.9. The molecule has 0 spiro atoms. The van der Waals surface area contributed by atoms with Gasteiger partial charge >= 0.3 is 0 Å². The normalized spacial score (nSPS) is 10.8. The van der Waals surface area contributed by atoms with Gasteiger partial charge in [-0.2, -0.15) is 0 Å². The molecule has 1 aromatic rings. The summed E-state index contributed by atoms with van der Waals surface area (Å²) in [4.78, 5) is 0. The number of aryl methyl sites for hydroxylation is 1. The quantitative estimate of drug-likeness (QED) is 0.560. The van der Waals surface area contributed by atoms with E-state index in [2.05, 4.69) is 0 Å². The van der Waals surface area contributed by atoms with Gasteiger partial charge in [-0.1, -0.05) is 38.5 Å². The molecule has 0 amide bonds. The van der Waals surface area contributed by atoms with Gasteiger partial charge in [-0.3, -0.25) is 0 Å². The van der Waals surface area contributed by atoms with Gasteiger partial charge in [0.1, 0.15) is 0 Å². The molecule has 4 nitrogen and oxygen atoms in total. The van der Waals surface area contributed by atoms with Crippen LogP contribution in [0.15, 0.2) is 6.07 Å². The molecule has 1 aromatic carbocycles. The maximum Gasteiger partial charge on any atom is 0.203 e. The summed E-state index contributed by atoms with van der Waals surface area (Å²) < 4.78 is 10.5. The van der Waals surface area contributed by atoms with E-state index in [1.54, 1.807) is 14.2 Å². The summed E-state index contributed by atoms with van der Waals surface area (Å²) in [6, 6.07) is 1.93. The summed E-state index contributed by atoms with van der Waals surface area (Å²) in [6.45, 7) is 2.31. The van der Waals surface area contributed by atoms with Gasteiger partial charge < -0.3 is 19.7 Å². The molecule has 0 heterocycles. The van der Waals surface area contributed by atoms with Crippen LogP contribution in [0, 0.1) is 6.92 Å². The SMILES string of the molecule is COc1cc(C)c(CCCCCCCCCCO)c(O)c1OC. The van der Waals surface area contributed by atoms with Crippen LogP contribution in [-0.4, -0.2) is 31.0 Å². The summed E-state index contributed by atoms with van der Waals surface area (Å²) >= 11 is 0. The summed E-state index contributed by atoms with van der Waals surface area (Å²) in [5, 5.41) is 19.1. The first kappa shape index (κ1) is 19.6. The molecule has 2 N–H and O–H groups in total. The first-order chi connectivity index (χ1) is 11.2. The highest BCUT2D eigenvalue weighted by atomic mass is 16.5. The Balaban J connectivity index is 2.38. The third-order valence-corrected chi connectivity index (χ3v) is 4.31. The summed E-state index contributed by atoms with van der Waals surface area (Å²) in [5.41, 5.74) is 2.01. The lowest BCUT2D eigenvalue weighted by Gasteiger charge is -2.15. The van der Waals surface area contributed by atoms with Crippen LogP contribution in [0.4, 0.5) is 0 Å². The van der Waals surface area contributed by atoms with Crippen LogP contribution in [0.25, 0.3) is 0 Å². The Hall–Kier alpha value is -1.42. The minimum atomic E-state index is 0.216. The highest BCUT2D eigenvalue weighted by Gasteiger charge is 2.16. The number of aromatic hydroxyl groups is 1. The van der Waals surface area contributed by atoms with Gasteiger partial charge in [0.05, 0.1) is 14.2 Å². The number of methoxy groups -OCH3 is 2. The fourth-order valence-electron chi connectivity index (χ4n) is 2.93. The zero-order valence-corrected chi connectivity index (χ0v) is 14.9. The highest BCUT2D eigenvalue weighted by molar-refractivity contribution is 5.58. The molecule has 23 heavy (non-hydrogen) atoms. The second kappa shape index (κ2) is 11.2. The standard InChI is InChI=1S/C19H32O4/c1-15-14-17(22-2)19(23-3)18(21)16(15)12-10-8-6-4-5-7-9-11-13-20/h14,20-21H,4-13H2,1-3H3. The highest BCUT2D eigenvalue weighted by Crippen LogP contribution is 2.41. The molecule has 0 aliphatic carbocycles. The molecule has 0 atom stereocenters. The van der Waals surface area contributed by atoms with Gasteiger partial charge in [-0.05, 0) is 37.8 Å². The maximum atomic E-state index is 10.4. The lowest BCUT2D eigenvalue weighted by Crippen LogP contribution is -1.98. The van der Waals surface area contributed by atoms with E-state index < -0.39 is 0 Å². The Labute approximate surface area is 140 Å². The second-order valence-electron chi connectivity index (χ2n) is 6.06. The van der Waals surface area contributed by atoms with Crippen LogP contribution in [0.2, 0.25) is 0 Å². The number of phenols is 1. The van der Waals surface area contributed by atoms with E-state index in [-0.39, 0.29) is 5.75 Å². The molecule has 0 unspecified atom stereocenters. The lowest BCUT2D eigenvalue weighted by molar-refractivity contribution is 0.282. The average molecular weight is 324 g/mol. The fourth-order valence-corrected chi connectivity index (χ4v) is 2.93. The molecular formula is C19H32O4. The van der Waals surface area contributed by atoms with Gasteiger partial charge in [0.2, 0.25) is 5.75 Å². The third-order valence-electron chi connectivity index (χ3n) is 4.31. The molecule has 0 bridgehead atoms. The molecule has 0 saturated carbocycles. The van der Waals surface area contributed by atoms with E-state index in [0.29, 0.717) is 18.1 Å². The molecule has 0 aliphatic heterocycles. The third kappa shape index (κ3) is 6.30. The maximum absolute atomic E-state index is 10.4. The van der Waals surface area contributed by atoms with Crippen molar-refractivity contribution in [3.05, 3.63) is 17.2 Å². The van der Waals surface area contributed by atoms with E-state index in [4.69, 9.17) is 14.6 Å². The van der Waals surface area contributed by atoms with E-state index in [0.717, 1.165) is 36.8 Å². The van der Waals surface area contributed by atoms with Crippen molar-refractivity contribution in [2.45, 2.75) is 64.7 Å². The van der Waals surface area contributed by atoms with Crippen LogP contribution in [-0.2, 0) is 6.42 Å². The van der Waals surface area contributed by atoms with Gasteiger partial charge in [-0.15, -0.1) is 0 Å². The number of benzene rings is 1. The van der Waals surface area contributed by atoms with Crippen LogP contribution >= 0.6 is 0 Å². The summed E-state index contributed by atoms with van der Waals surface area (Å²) in [7, 11) is 3.13. The number of hydrogen-bond donors (Lipinski definition) is 2. The van der Waals surface area contributed by atoms with Crippen molar-refractivity contribution in [1.29, 1.82) is 0 Å². The molecule has 132 valence electrons. The fraction of sp³-hybridized carbons (Fsp3) is 0.684. The zero-order chi connectivity index (χ0) is 17.1. The molecule has 0 radical (unpaired) electrons. The van der Waals surface area contributed by atoms with E-state index >= 15 is 0 Å². The number of aliphatic hydroxyl groups excluding tert-OH is 1. The van der Waals surface area contributed by atoms with Crippen molar-refractivity contribution in [2.75, 3.05) is 20.8 Å². The number of aliphatic hydroxyl groups is 1. The van der Waals surface area contributed by atoms with Gasteiger partial charge in [0.25, 0.3) is 0 Å². The van der Waals surface area contributed by atoms with Crippen molar-refractivity contribution in [1.82, 2.24) is 0 Å².